The summed E-state index contributed by atoms with van der Waals surface area (Å²) in [5.74, 6) is -0.515. The van der Waals surface area contributed by atoms with Crippen molar-refractivity contribution in [3.05, 3.63) is 117 Å². The second-order valence-electron chi connectivity index (χ2n) is 9.42. The van der Waals surface area contributed by atoms with E-state index in [4.69, 9.17) is 16.0 Å². The molecule has 1 heterocycles. The monoisotopic (exact) mass is 530 g/mol. The van der Waals surface area contributed by atoms with Crippen LogP contribution in [0.3, 0.4) is 0 Å². The largest absolute Gasteiger partial charge is 0.464 e. The van der Waals surface area contributed by atoms with Gasteiger partial charge >= 0.3 is 0 Å². The van der Waals surface area contributed by atoms with Gasteiger partial charge in [-0.25, -0.2) is 0 Å². The van der Waals surface area contributed by atoms with Gasteiger partial charge in [0.25, 0.3) is 5.91 Å². The van der Waals surface area contributed by atoms with Crippen LogP contribution in [0.2, 0.25) is 5.02 Å². The SMILES string of the molecule is CCCCN(CC(=O)N(Cc1ccccc1)Cc1coc2ccc(C)cc2c1=O)C(=O)c1cccc(Cl)c1. The molecule has 1 aromatic heterocycles. The Morgan fingerprint density at radius 2 is 1.71 bits per heavy atom. The molecule has 0 aliphatic rings. The van der Waals surface area contributed by atoms with Crippen molar-refractivity contribution in [1.29, 1.82) is 0 Å². The maximum Gasteiger partial charge on any atom is 0.254 e. The maximum atomic E-state index is 13.7. The van der Waals surface area contributed by atoms with Crippen molar-refractivity contribution < 1.29 is 14.0 Å². The number of rotatable bonds is 10. The minimum Gasteiger partial charge on any atom is -0.464 e. The Hall–Kier alpha value is -3.90. The van der Waals surface area contributed by atoms with Crippen LogP contribution < -0.4 is 5.43 Å². The van der Waals surface area contributed by atoms with E-state index < -0.39 is 0 Å². The van der Waals surface area contributed by atoms with E-state index in [1.807, 2.05) is 50.2 Å². The molecule has 2 amide bonds. The second-order valence-corrected chi connectivity index (χ2v) is 9.85. The van der Waals surface area contributed by atoms with Crippen LogP contribution in [0.15, 0.2) is 88.3 Å². The predicted octanol–water partition coefficient (Wildman–Crippen LogP) is 6.23. The van der Waals surface area contributed by atoms with Crippen molar-refractivity contribution in [3.8, 4) is 0 Å². The van der Waals surface area contributed by atoms with Gasteiger partial charge in [0, 0.05) is 23.7 Å². The molecule has 6 nitrogen and oxygen atoms in total. The molecule has 4 rings (SSSR count). The van der Waals surface area contributed by atoms with Crippen LogP contribution in [0.25, 0.3) is 11.0 Å². The number of unbranched alkanes of at least 4 members (excludes halogenated alkanes) is 1. The van der Waals surface area contributed by atoms with Gasteiger partial charge in [-0.2, -0.15) is 0 Å². The van der Waals surface area contributed by atoms with Gasteiger partial charge in [0.2, 0.25) is 5.91 Å². The van der Waals surface area contributed by atoms with E-state index in [0.717, 1.165) is 24.0 Å². The molecule has 4 aromatic rings. The van der Waals surface area contributed by atoms with Crippen LogP contribution in [-0.4, -0.2) is 34.7 Å². The number of amides is 2. The summed E-state index contributed by atoms with van der Waals surface area (Å²) in [4.78, 5) is 43.5. The van der Waals surface area contributed by atoms with Gasteiger partial charge in [-0.15, -0.1) is 0 Å². The summed E-state index contributed by atoms with van der Waals surface area (Å²) in [6.07, 6.45) is 3.06. The topological polar surface area (TPSA) is 70.8 Å². The summed E-state index contributed by atoms with van der Waals surface area (Å²) in [5.41, 5.74) is 3.02. The maximum absolute atomic E-state index is 13.7. The number of benzene rings is 3. The Morgan fingerprint density at radius 3 is 2.45 bits per heavy atom. The molecule has 0 aliphatic heterocycles. The van der Waals surface area contributed by atoms with Crippen LogP contribution in [0.1, 0.15) is 46.8 Å². The first-order valence-corrected chi connectivity index (χ1v) is 13.1. The van der Waals surface area contributed by atoms with Crippen LogP contribution in [-0.2, 0) is 17.9 Å². The lowest BCUT2D eigenvalue weighted by atomic mass is 10.1. The standard InChI is InChI=1S/C31H31ClN2O4/c1-3-4-15-33(31(37)24-11-8-12-26(32)17-24)20-29(35)34(18-23-9-6-5-7-10-23)19-25-21-38-28-14-13-22(2)16-27(28)30(25)36/h5-14,16-17,21H,3-4,15,18-20H2,1-2H3. The molecule has 38 heavy (non-hydrogen) atoms. The van der Waals surface area contributed by atoms with E-state index in [0.29, 0.717) is 33.7 Å². The second kappa shape index (κ2) is 12.6. The van der Waals surface area contributed by atoms with Gasteiger partial charge in [0.15, 0.2) is 5.43 Å². The number of carbonyl (C=O) groups excluding carboxylic acids is 2. The molecule has 0 aliphatic carbocycles. The van der Waals surface area contributed by atoms with Gasteiger partial charge < -0.3 is 14.2 Å². The fourth-order valence-corrected chi connectivity index (χ4v) is 4.49. The lowest BCUT2D eigenvalue weighted by Crippen LogP contribution is -2.43. The molecule has 0 unspecified atom stereocenters. The molecule has 3 aromatic carbocycles. The van der Waals surface area contributed by atoms with Gasteiger partial charge in [-0.1, -0.05) is 73.0 Å². The summed E-state index contributed by atoms with van der Waals surface area (Å²) in [6, 6.07) is 21.8. The minimum atomic E-state index is -0.260. The lowest BCUT2D eigenvalue weighted by molar-refractivity contribution is -0.133. The highest BCUT2D eigenvalue weighted by molar-refractivity contribution is 6.31. The minimum absolute atomic E-state index is 0.0624. The lowest BCUT2D eigenvalue weighted by Gasteiger charge is -2.28. The fourth-order valence-electron chi connectivity index (χ4n) is 4.30. The van der Waals surface area contributed by atoms with E-state index in [1.54, 1.807) is 46.2 Å². The number of halogens is 1. The molecular weight excluding hydrogens is 500 g/mol. The number of carbonyl (C=O) groups is 2. The third-order valence-electron chi connectivity index (χ3n) is 6.40. The van der Waals surface area contributed by atoms with E-state index >= 15 is 0 Å². The molecule has 0 fully saturated rings. The Bertz CT molecular complexity index is 1480. The molecule has 0 N–H and O–H groups in total. The first-order valence-electron chi connectivity index (χ1n) is 12.7. The fraction of sp³-hybridized carbons (Fsp3) is 0.258. The molecule has 7 heteroatoms. The quantitative estimate of drug-likeness (QED) is 0.244. The highest BCUT2D eigenvalue weighted by Crippen LogP contribution is 2.17. The highest BCUT2D eigenvalue weighted by atomic mass is 35.5. The summed E-state index contributed by atoms with van der Waals surface area (Å²) >= 11 is 6.12. The van der Waals surface area contributed by atoms with Crippen LogP contribution >= 0.6 is 11.6 Å². The summed E-state index contributed by atoms with van der Waals surface area (Å²) < 4.78 is 5.74. The average molecular weight is 531 g/mol. The molecule has 0 saturated heterocycles. The number of hydrogen-bond donors (Lipinski definition) is 0. The van der Waals surface area contributed by atoms with E-state index in [9.17, 15) is 14.4 Å². The van der Waals surface area contributed by atoms with E-state index in [-0.39, 0.29) is 36.9 Å². The molecule has 0 atom stereocenters. The predicted molar refractivity (Wildman–Crippen MR) is 150 cm³/mol. The molecular formula is C31H31ClN2O4. The zero-order valence-electron chi connectivity index (χ0n) is 21.7. The van der Waals surface area contributed by atoms with Crippen LogP contribution in [0.4, 0.5) is 0 Å². The molecule has 0 spiro atoms. The Balaban J connectivity index is 1.63. The molecule has 0 saturated carbocycles. The Labute approximate surface area is 227 Å². The van der Waals surface area contributed by atoms with Crippen molar-refractivity contribution in [1.82, 2.24) is 9.80 Å². The number of aryl methyl sites for hydroxylation is 1. The van der Waals surface area contributed by atoms with E-state index in [1.165, 1.54) is 6.26 Å². The molecule has 196 valence electrons. The Morgan fingerprint density at radius 1 is 0.921 bits per heavy atom. The number of fused-ring (bicyclic) bond motifs is 1. The number of nitrogens with zero attached hydrogens (tertiary/aromatic N) is 2. The first kappa shape index (κ1) is 27.1. The van der Waals surface area contributed by atoms with Gasteiger partial charge in [0.1, 0.15) is 12.1 Å². The van der Waals surface area contributed by atoms with Crippen LogP contribution in [0.5, 0.6) is 0 Å². The average Bonchev–Trinajstić information content (AvgIpc) is 2.92. The first-order chi connectivity index (χ1) is 18.4. The van der Waals surface area contributed by atoms with Gasteiger partial charge in [-0.05, 0) is 49.2 Å². The van der Waals surface area contributed by atoms with Crippen molar-refractivity contribution >= 4 is 34.4 Å². The smallest absolute Gasteiger partial charge is 0.254 e. The third kappa shape index (κ3) is 6.69. The Kier molecular flexibility index (Phi) is 8.98. The van der Waals surface area contributed by atoms with Gasteiger partial charge in [0.05, 0.1) is 23.8 Å². The van der Waals surface area contributed by atoms with Crippen molar-refractivity contribution in [2.75, 3.05) is 13.1 Å². The highest BCUT2D eigenvalue weighted by Gasteiger charge is 2.24. The summed E-state index contributed by atoms with van der Waals surface area (Å²) in [6.45, 7) is 4.62. The van der Waals surface area contributed by atoms with Crippen molar-refractivity contribution in [3.63, 3.8) is 0 Å². The molecule has 0 bridgehead atoms. The zero-order chi connectivity index (χ0) is 27.1. The molecule has 0 radical (unpaired) electrons. The van der Waals surface area contributed by atoms with Crippen molar-refractivity contribution in [2.45, 2.75) is 39.8 Å². The van der Waals surface area contributed by atoms with E-state index in [2.05, 4.69) is 0 Å². The summed E-state index contributed by atoms with van der Waals surface area (Å²) in [5, 5.41) is 0.942. The number of hydrogen-bond acceptors (Lipinski definition) is 4. The normalized spacial score (nSPS) is 10.9. The summed E-state index contributed by atoms with van der Waals surface area (Å²) in [7, 11) is 0. The van der Waals surface area contributed by atoms with Crippen molar-refractivity contribution in [2.24, 2.45) is 0 Å². The van der Waals surface area contributed by atoms with Gasteiger partial charge in [-0.3, -0.25) is 14.4 Å². The zero-order valence-corrected chi connectivity index (χ0v) is 22.4. The third-order valence-corrected chi connectivity index (χ3v) is 6.63. The van der Waals surface area contributed by atoms with Crippen LogP contribution in [0, 0.1) is 6.92 Å².